The van der Waals surface area contributed by atoms with Gasteiger partial charge in [-0.2, -0.15) is 13.2 Å². The van der Waals surface area contributed by atoms with E-state index in [-0.39, 0.29) is 0 Å². The van der Waals surface area contributed by atoms with Crippen LogP contribution in [0.1, 0.15) is 30.3 Å². The van der Waals surface area contributed by atoms with Crippen LogP contribution in [0.25, 0.3) is 10.4 Å². The second-order valence-electron chi connectivity index (χ2n) is 8.50. The summed E-state index contributed by atoms with van der Waals surface area (Å²) in [6, 6.07) is 3.68. The molecule has 1 saturated heterocycles. The number of piperidine rings is 1. The van der Waals surface area contributed by atoms with Gasteiger partial charge >= 0.3 is 12.2 Å². The lowest BCUT2D eigenvalue weighted by atomic mass is 9.92. The summed E-state index contributed by atoms with van der Waals surface area (Å²) in [6.07, 6.45) is -2.29. The molecule has 0 spiro atoms. The second-order valence-corrected chi connectivity index (χ2v) is 9.53. The first kappa shape index (κ1) is 26.0. The number of alkyl halides is 3. The maximum Gasteiger partial charge on any atom is 0.416 e. The van der Waals surface area contributed by atoms with Crippen LogP contribution in [0.4, 0.5) is 38.1 Å². The molecule has 4 rings (SSSR count). The van der Waals surface area contributed by atoms with E-state index in [0.717, 1.165) is 31.8 Å². The third-order valence-corrected chi connectivity index (χ3v) is 7.48. The quantitative estimate of drug-likeness (QED) is 0.423. The Morgan fingerprint density at radius 3 is 2.42 bits per heavy atom. The number of aromatic nitrogens is 1. The van der Waals surface area contributed by atoms with Crippen LogP contribution < -0.4 is 10.6 Å². The Balaban J connectivity index is 1.65. The molecule has 3 N–H and O–H groups in total. The maximum absolute atomic E-state index is 15.2. The molecule has 36 heavy (non-hydrogen) atoms. The number of hydrogen-bond donors (Lipinski definition) is 2. The van der Waals surface area contributed by atoms with Crippen molar-refractivity contribution in [1.82, 2.24) is 9.88 Å². The number of benzene rings is 2. The highest BCUT2D eigenvalue weighted by molar-refractivity contribution is 7.15. The fourth-order valence-corrected chi connectivity index (χ4v) is 5.20. The number of rotatable bonds is 5. The Morgan fingerprint density at radius 1 is 1.14 bits per heavy atom. The van der Waals surface area contributed by atoms with Crippen molar-refractivity contribution in [3.63, 3.8) is 0 Å². The van der Waals surface area contributed by atoms with E-state index in [1.165, 1.54) is 23.6 Å². The van der Waals surface area contributed by atoms with Crippen LogP contribution in [0, 0.1) is 11.6 Å². The van der Waals surface area contributed by atoms with E-state index in [4.69, 9.17) is 5.73 Å². The van der Waals surface area contributed by atoms with Gasteiger partial charge in [0.15, 0.2) is 0 Å². The van der Waals surface area contributed by atoms with Crippen molar-refractivity contribution in [3.8, 4) is 10.4 Å². The van der Waals surface area contributed by atoms with Crippen molar-refractivity contribution in [2.75, 3.05) is 24.5 Å². The Labute approximate surface area is 207 Å². The van der Waals surface area contributed by atoms with Gasteiger partial charge in [-0.15, -0.1) is 11.3 Å². The zero-order valence-electron chi connectivity index (χ0n) is 19.1. The highest BCUT2D eigenvalue weighted by Gasteiger charge is 2.36. The number of carbonyl (C=O) groups excluding carboxylic acids is 1. The first-order valence-electron chi connectivity index (χ1n) is 11.1. The minimum absolute atomic E-state index is 0.353. The van der Waals surface area contributed by atoms with E-state index < -0.39 is 46.4 Å². The molecule has 2 amide bonds. The first-order valence-corrected chi connectivity index (χ1v) is 11.9. The Bertz CT molecular complexity index is 1270. The number of halogens is 5. The van der Waals surface area contributed by atoms with Crippen molar-refractivity contribution in [1.29, 1.82) is 0 Å². The molecule has 0 unspecified atom stereocenters. The van der Waals surface area contributed by atoms with Gasteiger partial charge in [-0.1, -0.05) is 13.0 Å². The lowest BCUT2D eigenvalue weighted by molar-refractivity contribution is -0.137. The molecule has 3 aromatic rings. The summed E-state index contributed by atoms with van der Waals surface area (Å²) in [5.74, 6) is -2.19. The topological polar surface area (TPSA) is 82.7 Å². The van der Waals surface area contributed by atoms with E-state index in [2.05, 4.69) is 9.88 Å². The van der Waals surface area contributed by atoms with Gasteiger partial charge in [-0.05, 0) is 55.3 Å². The fraction of sp³-hybridized carbons (Fsp3) is 0.333. The van der Waals surface area contributed by atoms with Gasteiger partial charge in [0.1, 0.15) is 22.2 Å². The fourth-order valence-electron chi connectivity index (χ4n) is 4.14. The van der Waals surface area contributed by atoms with Crippen LogP contribution in [-0.4, -0.2) is 40.7 Å². The van der Waals surface area contributed by atoms with Crippen molar-refractivity contribution in [2.24, 2.45) is 5.73 Å². The minimum Gasteiger partial charge on any atom is -0.383 e. The highest BCUT2D eigenvalue weighted by Crippen LogP contribution is 2.40. The molecule has 6 nitrogen and oxygen atoms in total. The molecule has 0 atom stereocenters. The number of primary amides is 1. The molecule has 1 aliphatic rings. The van der Waals surface area contributed by atoms with E-state index >= 15 is 4.39 Å². The van der Waals surface area contributed by atoms with Crippen molar-refractivity contribution < 1.29 is 31.9 Å². The molecule has 1 aliphatic heterocycles. The number of aliphatic hydroxyl groups is 1. The molecule has 1 fully saturated rings. The zero-order chi connectivity index (χ0) is 26.3. The molecule has 2 heterocycles. The zero-order valence-corrected chi connectivity index (χ0v) is 20.0. The summed E-state index contributed by atoms with van der Waals surface area (Å²) >= 11 is 1.20. The number of nitrogens with zero attached hydrogens (tertiary/aromatic N) is 3. The highest BCUT2D eigenvalue weighted by atomic mass is 32.1. The first-order chi connectivity index (χ1) is 16.9. The number of anilines is 2. The van der Waals surface area contributed by atoms with Crippen molar-refractivity contribution in [3.05, 3.63) is 64.8 Å². The summed E-state index contributed by atoms with van der Waals surface area (Å²) in [5, 5.41) is 11.6. The SMILES string of the molecule is CCN1CCC(O)(c2ncc(-c3ccc(N(C(N)=O)c4cc(C(F)(F)F)ccc4F)c(F)c3)s2)CC1. The van der Waals surface area contributed by atoms with Gasteiger partial charge in [0, 0.05) is 19.3 Å². The van der Waals surface area contributed by atoms with E-state index in [1.54, 1.807) is 0 Å². The third-order valence-electron chi connectivity index (χ3n) is 6.24. The summed E-state index contributed by atoms with van der Waals surface area (Å²) < 4.78 is 69.0. The van der Waals surface area contributed by atoms with Crippen molar-refractivity contribution in [2.45, 2.75) is 31.5 Å². The number of thiazole rings is 1. The minimum atomic E-state index is -4.81. The summed E-state index contributed by atoms with van der Waals surface area (Å²) in [5.41, 5.74) is 2.01. The average molecular weight is 527 g/mol. The van der Waals surface area contributed by atoms with Crippen LogP contribution in [0.5, 0.6) is 0 Å². The summed E-state index contributed by atoms with van der Waals surface area (Å²) in [4.78, 5) is 19.5. The Kier molecular flexibility index (Phi) is 7.04. The van der Waals surface area contributed by atoms with Crippen LogP contribution >= 0.6 is 11.3 Å². The van der Waals surface area contributed by atoms with Crippen LogP contribution in [0.15, 0.2) is 42.6 Å². The normalized spacial score (nSPS) is 16.2. The largest absolute Gasteiger partial charge is 0.416 e. The Hall–Kier alpha value is -3.09. The Morgan fingerprint density at radius 2 is 1.83 bits per heavy atom. The van der Waals surface area contributed by atoms with Gasteiger partial charge < -0.3 is 15.7 Å². The molecule has 192 valence electrons. The molecule has 2 aromatic carbocycles. The van der Waals surface area contributed by atoms with Crippen LogP contribution in [-0.2, 0) is 11.8 Å². The third kappa shape index (κ3) is 5.06. The molecular weight excluding hydrogens is 503 g/mol. The van der Waals surface area contributed by atoms with E-state index in [0.29, 0.717) is 51.4 Å². The summed E-state index contributed by atoms with van der Waals surface area (Å²) in [7, 11) is 0. The number of carbonyl (C=O) groups is 1. The number of nitrogens with two attached hydrogens (primary N) is 1. The summed E-state index contributed by atoms with van der Waals surface area (Å²) in [6.45, 7) is 4.38. The van der Waals surface area contributed by atoms with Crippen LogP contribution in [0.2, 0.25) is 0 Å². The standard InChI is InChI=1S/C24H23F5N4O2S/c1-2-32-9-7-23(35,8-10-32)21-31-13-20(36-21)14-3-6-18(17(26)11-14)33(22(30)34)19-12-15(24(27,28)29)4-5-16(19)25/h3-6,11-13,35H,2,7-10H2,1H3,(H2,30,34). The average Bonchev–Trinajstić information content (AvgIpc) is 3.32. The van der Waals surface area contributed by atoms with Gasteiger partial charge in [0.05, 0.1) is 21.8 Å². The number of urea groups is 1. The monoisotopic (exact) mass is 526 g/mol. The van der Waals surface area contributed by atoms with E-state index in [9.17, 15) is 27.5 Å². The predicted octanol–water partition coefficient (Wildman–Crippen LogP) is 5.63. The smallest absolute Gasteiger partial charge is 0.383 e. The number of amides is 2. The number of hydrogen-bond acceptors (Lipinski definition) is 5. The molecule has 0 saturated carbocycles. The second kappa shape index (κ2) is 9.75. The van der Waals surface area contributed by atoms with Gasteiger partial charge in [-0.3, -0.25) is 4.90 Å². The lowest BCUT2D eigenvalue weighted by Gasteiger charge is -2.36. The van der Waals surface area contributed by atoms with Crippen LogP contribution in [0.3, 0.4) is 0 Å². The van der Waals surface area contributed by atoms with Gasteiger partial charge in [0.25, 0.3) is 0 Å². The number of likely N-dealkylation sites (tertiary alicyclic amines) is 1. The molecule has 0 radical (unpaired) electrons. The molecule has 0 aliphatic carbocycles. The molecule has 1 aromatic heterocycles. The van der Waals surface area contributed by atoms with Gasteiger partial charge in [-0.25, -0.2) is 18.6 Å². The molecular formula is C24H23F5N4O2S. The van der Waals surface area contributed by atoms with Gasteiger partial charge in [0.2, 0.25) is 0 Å². The van der Waals surface area contributed by atoms with E-state index in [1.807, 2.05) is 6.92 Å². The molecule has 0 bridgehead atoms. The predicted molar refractivity (Wildman–Crippen MR) is 126 cm³/mol. The molecule has 12 heteroatoms. The maximum atomic E-state index is 15.2. The van der Waals surface area contributed by atoms with Crippen molar-refractivity contribution >= 4 is 28.7 Å². The lowest BCUT2D eigenvalue weighted by Crippen LogP contribution is -2.42.